The Balaban J connectivity index is 2.10. The first-order valence-electron chi connectivity index (χ1n) is 7.85. The average molecular weight is 323 g/mol. The number of hydrogen-bond donors (Lipinski definition) is 1. The summed E-state index contributed by atoms with van der Waals surface area (Å²) in [6.07, 6.45) is 3.24. The van der Waals surface area contributed by atoms with E-state index in [1.54, 1.807) is 24.3 Å². The molecule has 0 aromatic heterocycles. The maximum Gasteiger partial charge on any atom is 0.253 e. The zero-order chi connectivity index (χ0) is 16.1. The second-order valence-corrected chi connectivity index (χ2v) is 6.47. The van der Waals surface area contributed by atoms with Gasteiger partial charge in [-0.25, -0.2) is 0 Å². The van der Waals surface area contributed by atoms with Gasteiger partial charge in [-0.05, 0) is 37.3 Å². The van der Waals surface area contributed by atoms with Crippen molar-refractivity contribution in [2.75, 3.05) is 13.1 Å². The van der Waals surface area contributed by atoms with E-state index in [4.69, 9.17) is 11.6 Å². The van der Waals surface area contributed by atoms with Crippen LogP contribution in [0.25, 0.3) is 0 Å². The van der Waals surface area contributed by atoms with Crippen molar-refractivity contribution >= 4 is 23.4 Å². The van der Waals surface area contributed by atoms with Crippen LogP contribution < -0.4 is 5.32 Å². The fraction of sp³-hybridized carbons (Fsp3) is 0.529. The lowest BCUT2D eigenvalue weighted by Gasteiger charge is -2.32. The molecule has 0 aliphatic carbocycles. The molecule has 2 amide bonds. The number of likely N-dealkylation sites (tertiary alicyclic amines) is 1. The normalized spacial score (nSPS) is 16.5. The molecule has 1 atom stereocenters. The lowest BCUT2D eigenvalue weighted by Crippen LogP contribution is -2.52. The van der Waals surface area contributed by atoms with E-state index in [-0.39, 0.29) is 17.7 Å². The van der Waals surface area contributed by atoms with Crippen LogP contribution in [0, 0.1) is 5.92 Å². The van der Waals surface area contributed by atoms with Gasteiger partial charge in [-0.3, -0.25) is 9.59 Å². The zero-order valence-corrected chi connectivity index (χ0v) is 13.9. The Morgan fingerprint density at radius 2 is 1.77 bits per heavy atom. The van der Waals surface area contributed by atoms with E-state index in [0.717, 1.165) is 25.9 Å². The summed E-state index contributed by atoms with van der Waals surface area (Å²) < 4.78 is 0. The SMILES string of the molecule is CC(C)[C@H](NC(=O)c1ccccc1Cl)C(=O)N1CCCCC1. The Bertz CT molecular complexity index is 539. The Kier molecular flexibility index (Phi) is 5.83. The summed E-state index contributed by atoms with van der Waals surface area (Å²) in [6.45, 7) is 5.45. The van der Waals surface area contributed by atoms with Crippen LogP contribution in [0.2, 0.25) is 5.02 Å². The molecular weight excluding hydrogens is 300 g/mol. The van der Waals surface area contributed by atoms with Gasteiger partial charge in [-0.1, -0.05) is 37.6 Å². The highest BCUT2D eigenvalue weighted by Gasteiger charge is 2.29. The van der Waals surface area contributed by atoms with Gasteiger partial charge in [0, 0.05) is 13.1 Å². The van der Waals surface area contributed by atoms with E-state index in [0.29, 0.717) is 10.6 Å². The predicted octanol–water partition coefficient (Wildman–Crippen LogP) is 3.11. The molecule has 2 rings (SSSR count). The molecule has 0 radical (unpaired) electrons. The first kappa shape index (κ1) is 16.8. The van der Waals surface area contributed by atoms with E-state index in [2.05, 4.69) is 5.32 Å². The van der Waals surface area contributed by atoms with Gasteiger partial charge in [0.05, 0.1) is 10.6 Å². The number of halogens is 1. The smallest absolute Gasteiger partial charge is 0.253 e. The average Bonchev–Trinajstić information content (AvgIpc) is 2.52. The molecule has 1 aromatic rings. The Morgan fingerprint density at radius 3 is 2.36 bits per heavy atom. The summed E-state index contributed by atoms with van der Waals surface area (Å²) in [5.74, 6) is -0.259. The minimum atomic E-state index is -0.512. The predicted molar refractivity (Wildman–Crippen MR) is 88.0 cm³/mol. The minimum Gasteiger partial charge on any atom is -0.341 e. The number of carbonyl (C=O) groups is 2. The lowest BCUT2D eigenvalue weighted by molar-refractivity contribution is -0.135. The number of piperidine rings is 1. The molecule has 0 bridgehead atoms. The summed E-state index contributed by atoms with van der Waals surface area (Å²) in [5, 5.41) is 3.25. The number of hydrogen-bond acceptors (Lipinski definition) is 2. The first-order chi connectivity index (χ1) is 10.5. The molecule has 5 heteroatoms. The monoisotopic (exact) mass is 322 g/mol. The maximum atomic E-state index is 12.7. The summed E-state index contributed by atoms with van der Waals surface area (Å²) in [4.78, 5) is 26.9. The maximum absolute atomic E-state index is 12.7. The minimum absolute atomic E-state index is 0.00936. The molecule has 1 fully saturated rings. The quantitative estimate of drug-likeness (QED) is 0.926. The van der Waals surface area contributed by atoms with Crippen LogP contribution in [0.4, 0.5) is 0 Å². The van der Waals surface area contributed by atoms with Gasteiger partial charge in [0.2, 0.25) is 5.91 Å². The summed E-state index contributed by atoms with van der Waals surface area (Å²) in [7, 11) is 0. The number of amides is 2. The lowest BCUT2D eigenvalue weighted by atomic mass is 10.0. The molecule has 4 nitrogen and oxygen atoms in total. The molecular formula is C17H23ClN2O2. The molecule has 120 valence electrons. The van der Waals surface area contributed by atoms with Crippen LogP contribution in [-0.4, -0.2) is 35.8 Å². The largest absolute Gasteiger partial charge is 0.341 e. The van der Waals surface area contributed by atoms with Gasteiger partial charge in [-0.15, -0.1) is 0 Å². The first-order valence-corrected chi connectivity index (χ1v) is 8.22. The molecule has 0 unspecified atom stereocenters. The number of rotatable bonds is 4. The second-order valence-electron chi connectivity index (χ2n) is 6.06. The number of nitrogens with zero attached hydrogens (tertiary/aromatic N) is 1. The summed E-state index contributed by atoms with van der Waals surface area (Å²) in [5.41, 5.74) is 0.404. The van der Waals surface area contributed by atoms with Crippen LogP contribution in [-0.2, 0) is 4.79 Å². The summed E-state index contributed by atoms with van der Waals surface area (Å²) >= 11 is 6.05. The molecule has 1 saturated heterocycles. The van der Waals surface area contributed by atoms with Gasteiger partial charge >= 0.3 is 0 Å². The Hall–Kier alpha value is -1.55. The van der Waals surface area contributed by atoms with Crippen LogP contribution >= 0.6 is 11.6 Å². The number of nitrogens with one attached hydrogen (secondary N) is 1. The van der Waals surface area contributed by atoms with Crippen LogP contribution in [0.1, 0.15) is 43.5 Å². The van der Waals surface area contributed by atoms with Crippen molar-refractivity contribution < 1.29 is 9.59 Å². The molecule has 1 aliphatic heterocycles. The number of benzene rings is 1. The van der Waals surface area contributed by atoms with Crippen molar-refractivity contribution in [2.45, 2.75) is 39.2 Å². The topological polar surface area (TPSA) is 49.4 Å². The van der Waals surface area contributed by atoms with E-state index in [9.17, 15) is 9.59 Å². The molecule has 1 N–H and O–H groups in total. The van der Waals surface area contributed by atoms with Gasteiger partial charge < -0.3 is 10.2 Å². The highest BCUT2D eigenvalue weighted by atomic mass is 35.5. The van der Waals surface area contributed by atoms with E-state index < -0.39 is 6.04 Å². The number of carbonyl (C=O) groups excluding carboxylic acids is 2. The molecule has 1 heterocycles. The van der Waals surface area contributed by atoms with E-state index in [1.165, 1.54) is 6.42 Å². The third kappa shape index (κ3) is 4.01. The molecule has 0 spiro atoms. The van der Waals surface area contributed by atoms with Gasteiger partial charge in [-0.2, -0.15) is 0 Å². The van der Waals surface area contributed by atoms with Gasteiger partial charge in [0.1, 0.15) is 6.04 Å². The second kappa shape index (κ2) is 7.63. The summed E-state index contributed by atoms with van der Waals surface area (Å²) in [6, 6.07) is 6.37. The Labute approximate surface area is 136 Å². The highest BCUT2D eigenvalue weighted by Crippen LogP contribution is 2.17. The van der Waals surface area contributed by atoms with Crippen molar-refractivity contribution in [2.24, 2.45) is 5.92 Å². The van der Waals surface area contributed by atoms with Crippen LogP contribution in [0.3, 0.4) is 0 Å². The molecule has 0 saturated carbocycles. The van der Waals surface area contributed by atoms with E-state index in [1.807, 2.05) is 18.7 Å². The van der Waals surface area contributed by atoms with E-state index >= 15 is 0 Å². The van der Waals surface area contributed by atoms with Crippen LogP contribution in [0.5, 0.6) is 0 Å². The van der Waals surface area contributed by atoms with Crippen molar-refractivity contribution in [3.05, 3.63) is 34.9 Å². The van der Waals surface area contributed by atoms with Crippen LogP contribution in [0.15, 0.2) is 24.3 Å². The molecule has 1 aliphatic rings. The fourth-order valence-electron chi connectivity index (χ4n) is 2.69. The fourth-order valence-corrected chi connectivity index (χ4v) is 2.91. The third-order valence-corrected chi connectivity index (χ3v) is 4.34. The molecule has 1 aromatic carbocycles. The van der Waals surface area contributed by atoms with Gasteiger partial charge in [0.15, 0.2) is 0 Å². The van der Waals surface area contributed by atoms with Crippen molar-refractivity contribution in [3.8, 4) is 0 Å². The third-order valence-electron chi connectivity index (χ3n) is 4.01. The Morgan fingerprint density at radius 1 is 1.14 bits per heavy atom. The molecule has 22 heavy (non-hydrogen) atoms. The van der Waals surface area contributed by atoms with Crippen molar-refractivity contribution in [1.29, 1.82) is 0 Å². The zero-order valence-electron chi connectivity index (χ0n) is 13.1. The standard InChI is InChI=1S/C17H23ClN2O2/c1-12(2)15(17(22)20-10-6-3-7-11-20)19-16(21)13-8-4-5-9-14(13)18/h4-5,8-9,12,15H,3,6-7,10-11H2,1-2H3,(H,19,21)/t15-/m0/s1. The van der Waals surface area contributed by atoms with Gasteiger partial charge in [0.25, 0.3) is 5.91 Å². The highest BCUT2D eigenvalue weighted by molar-refractivity contribution is 6.33. The van der Waals surface area contributed by atoms with Crippen molar-refractivity contribution in [3.63, 3.8) is 0 Å². The van der Waals surface area contributed by atoms with Crippen molar-refractivity contribution in [1.82, 2.24) is 10.2 Å².